The predicted molar refractivity (Wildman–Crippen MR) is 67.3 cm³/mol. The summed E-state index contributed by atoms with van der Waals surface area (Å²) in [5, 5.41) is 2.86. The Morgan fingerprint density at radius 2 is 2.13 bits per heavy atom. The van der Waals surface area contributed by atoms with Crippen molar-refractivity contribution in [2.45, 2.75) is 17.5 Å². The zero-order valence-electron chi connectivity index (χ0n) is 8.58. The van der Waals surface area contributed by atoms with Crippen LogP contribution in [0.4, 0.5) is 5.69 Å². The van der Waals surface area contributed by atoms with E-state index in [1.54, 1.807) is 0 Å². The van der Waals surface area contributed by atoms with E-state index in [4.69, 9.17) is 4.74 Å². The first-order valence-corrected chi connectivity index (χ1v) is 5.86. The molecule has 2 rings (SSSR count). The van der Waals surface area contributed by atoms with Crippen LogP contribution in [-0.2, 0) is 4.79 Å². The zero-order chi connectivity index (χ0) is 11.1. The fourth-order valence-electron chi connectivity index (χ4n) is 1.44. The van der Waals surface area contributed by atoms with E-state index < -0.39 is 3.61 Å². The Hall–Kier alpha value is -0.780. The van der Waals surface area contributed by atoms with Crippen LogP contribution < -0.4 is 10.1 Å². The molecule has 2 unspecified atom stereocenters. The molecule has 1 aliphatic rings. The van der Waals surface area contributed by atoms with Gasteiger partial charge in [0.1, 0.15) is 5.75 Å². The Bertz CT molecular complexity index is 403. The summed E-state index contributed by atoms with van der Waals surface area (Å²) in [6.07, 6.45) is 0. The van der Waals surface area contributed by atoms with E-state index in [-0.39, 0.29) is 11.8 Å². The minimum Gasteiger partial charge on any atom is -0.474 e. The van der Waals surface area contributed by atoms with Crippen LogP contribution in [0.15, 0.2) is 24.3 Å². The van der Waals surface area contributed by atoms with Crippen LogP contribution in [0.25, 0.3) is 0 Å². The molecule has 1 N–H and O–H groups in total. The minimum absolute atomic E-state index is 0.00292. The van der Waals surface area contributed by atoms with Gasteiger partial charge in [-0.1, -0.05) is 12.1 Å². The molecular formula is C11H12INO2. The first-order chi connectivity index (χ1) is 7.00. The number of fused-ring (bicyclic) bond motifs is 1. The van der Waals surface area contributed by atoms with E-state index in [0.29, 0.717) is 0 Å². The van der Waals surface area contributed by atoms with Crippen molar-refractivity contribution in [2.75, 3.05) is 5.32 Å². The van der Waals surface area contributed by atoms with Gasteiger partial charge in [0.25, 0.3) is 0 Å². The molecule has 0 radical (unpaired) electrons. The molecule has 0 saturated heterocycles. The summed E-state index contributed by atoms with van der Waals surface area (Å²) in [5.41, 5.74) is 0.745. The van der Waals surface area contributed by atoms with E-state index in [9.17, 15) is 4.79 Å². The van der Waals surface area contributed by atoms with Crippen molar-refractivity contribution in [3.63, 3.8) is 0 Å². The number of para-hydroxylation sites is 2. The van der Waals surface area contributed by atoms with Crippen molar-refractivity contribution in [2.24, 2.45) is 5.92 Å². The second-order valence-corrected chi connectivity index (χ2v) is 5.94. The molecule has 0 fully saturated rings. The molecule has 4 heteroatoms. The molecule has 1 aromatic carbocycles. The van der Waals surface area contributed by atoms with Gasteiger partial charge in [-0.15, -0.1) is 0 Å². The molecule has 1 heterocycles. The number of hydrogen-bond donors (Lipinski definition) is 1. The SMILES string of the molecule is CC1C(=O)Nc2ccccc2OC1(C)I. The number of amides is 1. The van der Waals surface area contributed by atoms with Crippen molar-refractivity contribution in [3.05, 3.63) is 24.3 Å². The molecular weight excluding hydrogens is 305 g/mol. The Labute approximate surface area is 102 Å². The first-order valence-electron chi connectivity index (χ1n) is 4.78. The number of nitrogens with one attached hydrogen (secondary N) is 1. The molecule has 3 nitrogen and oxygen atoms in total. The molecule has 80 valence electrons. The van der Waals surface area contributed by atoms with Gasteiger partial charge in [0.15, 0.2) is 3.61 Å². The highest BCUT2D eigenvalue weighted by Gasteiger charge is 2.38. The van der Waals surface area contributed by atoms with Crippen LogP contribution in [0.3, 0.4) is 0 Å². The van der Waals surface area contributed by atoms with Crippen LogP contribution in [-0.4, -0.2) is 9.51 Å². The normalized spacial score (nSPS) is 29.8. The summed E-state index contributed by atoms with van der Waals surface area (Å²) in [4.78, 5) is 11.8. The van der Waals surface area contributed by atoms with Gasteiger partial charge < -0.3 is 10.1 Å². The van der Waals surface area contributed by atoms with Gasteiger partial charge in [0.2, 0.25) is 5.91 Å². The third kappa shape index (κ3) is 1.95. The lowest BCUT2D eigenvalue weighted by atomic mass is 10.1. The summed E-state index contributed by atoms with van der Waals surface area (Å²) in [6, 6.07) is 7.49. The monoisotopic (exact) mass is 317 g/mol. The van der Waals surface area contributed by atoms with Crippen LogP contribution in [0.2, 0.25) is 0 Å². The Balaban J connectivity index is 2.46. The number of alkyl halides is 1. The number of ether oxygens (including phenoxy) is 1. The maximum atomic E-state index is 11.8. The molecule has 0 spiro atoms. The largest absolute Gasteiger partial charge is 0.474 e. The fraction of sp³-hybridized carbons (Fsp3) is 0.364. The molecule has 0 aromatic heterocycles. The third-order valence-electron chi connectivity index (χ3n) is 2.62. The summed E-state index contributed by atoms with van der Waals surface area (Å²) < 4.78 is 5.32. The van der Waals surface area contributed by atoms with E-state index in [2.05, 4.69) is 27.9 Å². The van der Waals surface area contributed by atoms with E-state index >= 15 is 0 Å². The smallest absolute Gasteiger partial charge is 0.232 e. The number of carbonyl (C=O) groups excluding carboxylic acids is 1. The lowest BCUT2D eigenvalue weighted by molar-refractivity contribution is -0.121. The molecule has 1 aromatic rings. The van der Waals surface area contributed by atoms with Crippen LogP contribution in [0, 0.1) is 5.92 Å². The summed E-state index contributed by atoms with van der Waals surface area (Å²) in [6.45, 7) is 3.79. The van der Waals surface area contributed by atoms with Crippen LogP contribution in [0.5, 0.6) is 5.75 Å². The molecule has 0 saturated carbocycles. The number of benzene rings is 1. The van der Waals surface area contributed by atoms with Crippen molar-refractivity contribution in [3.8, 4) is 5.75 Å². The number of hydrogen-bond acceptors (Lipinski definition) is 2. The fourth-order valence-corrected chi connectivity index (χ4v) is 1.96. The van der Waals surface area contributed by atoms with Crippen molar-refractivity contribution in [1.29, 1.82) is 0 Å². The molecule has 0 bridgehead atoms. The van der Waals surface area contributed by atoms with Gasteiger partial charge in [-0.05, 0) is 48.6 Å². The molecule has 1 aliphatic heterocycles. The van der Waals surface area contributed by atoms with Crippen LogP contribution >= 0.6 is 22.6 Å². The molecule has 0 aliphatic carbocycles. The Morgan fingerprint density at radius 3 is 2.87 bits per heavy atom. The average molecular weight is 317 g/mol. The topological polar surface area (TPSA) is 38.3 Å². The number of anilines is 1. The maximum absolute atomic E-state index is 11.8. The van der Waals surface area contributed by atoms with Crippen LogP contribution in [0.1, 0.15) is 13.8 Å². The zero-order valence-corrected chi connectivity index (χ0v) is 10.7. The van der Waals surface area contributed by atoms with Gasteiger partial charge in [-0.3, -0.25) is 4.79 Å². The number of halogens is 1. The van der Waals surface area contributed by atoms with Gasteiger partial charge in [-0.2, -0.15) is 0 Å². The van der Waals surface area contributed by atoms with E-state index in [1.165, 1.54) is 0 Å². The first kappa shape index (κ1) is 10.7. The quantitative estimate of drug-likeness (QED) is 0.590. The van der Waals surface area contributed by atoms with Gasteiger partial charge in [0.05, 0.1) is 11.6 Å². The predicted octanol–water partition coefficient (Wildman–Crippen LogP) is 2.80. The lowest BCUT2D eigenvalue weighted by Gasteiger charge is -2.26. The Kier molecular flexibility index (Phi) is 2.62. The minimum atomic E-state index is -0.506. The highest BCUT2D eigenvalue weighted by Crippen LogP contribution is 2.38. The van der Waals surface area contributed by atoms with Gasteiger partial charge in [-0.25, -0.2) is 0 Å². The van der Waals surface area contributed by atoms with Crippen molar-refractivity contribution < 1.29 is 9.53 Å². The second kappa shape index (κ2) is 3.66. The van der Waals surface area contributed by atoms with Crippen molar-refractivity contribution >= 4 is 34.2 Å². The average Bonchev–Trinajstić information content (AvgIpc) is 2.26. The summed E-state index contributed by atoms with van der Waals surface area (Å²) in [7, 11) is 0. The standard InChI is InChI=1S/C11H12INO2/c1-7-10(14)13-8-5-3-4-6-9(8)15-11(7,2)12/h3-7H,1-2H3,(H,13,14). The maximum Gasteiger partial charge on any atom is 0.232 e. The highest BCUT2D eigenvalue weighted by atomic mass is 127. The molecule has 15 heavy (non-hydrogen) atoms. The lowest BCUT2D eigenvalue weighted by Crippen LogP contribution is -2.37. The Morgan fingerprint density at radius 1 is 1.47 bits per heavy atom. The number of carbonyl (C=O) groups is 1. The second-order valence-electron chi connectivity index (χ2n) is 3.80. The van der Waals surface area contributed by atoms with Gasteiger partial charge in [0, 0.05) is 0 Å². The van der Waals surface area contributed by atoms with Gasteiger partial charge >= 0.3 is 0 Å². The third-order valence-corrected chi connectivity index (χ3v) is 3.78. The molecule has 2 atom stereocenters. The van der Waals surface area contributed by atoms with E-state index in [1.807, 2.05) is 38.1 Å². The summed E-state index contributed by atoms with van der Waals surface area (Å²) in [5.74, 6) is 0.537. The van der Waals surface area contributed by atoms with Crippen molar-refractivity contribution in [1.82, 2.24) is 0 Å². The van der Waals surface area contributed by atoms with E-state index in [0.717, 1.165) is 11.4 Å². The highest BCUT2D eigenvalue weighted by molar-refractivity contribution is 14.1. The number of rotatable bonds is 0. The molecule has 1 amide bonds. The summed E-state index contributed by atoms with van der Waals surface area (Å²) >= 11 is 2.17.